The van der Waals surface area contributed by atoms with Crippen molar-refractivity contribution in [3.63, 3.8) is 0 Å². The van der Waals surface area contributed by atoms with E-state index < -0.39 is 0 Å². The van der Waals surface area contributed by atoms with Crippen molar-refractivity contribution in [2.24, 2.45) is 23.0 Å². The van der Waals surface area contributed by atoms with Gasteiger partial charge < -0.3 is 11.1 Å². The van der Waals surface area contributed by atoms with Crippen LogP contribution in [0.3, 0.4) is 0 Å². The minimum atomic E-state index is 0.0195. The summed E-state index contributed by atoms with van der Waals surface area (Å²) in [6.45, 7) is 9.30. The second-order valence-corrected chi connectivity index (χ2v) is 6.47. The van der Waals surface area contributed by atoms with Gasteiger partial charge in [0.2, 0.25) is 5.91 Å². The first-order valence-electron chi connectivity index (χ1n) is 6.33. The number of carbonyl (C=O) groups excluding carboxylic acids is 1. The highest BCUT2D eigenvalue weighted by molar-refractivity contribution is 5.79. The molecule has 0 radical (unpaired) electrons. The Labute approximate surface area is 99.2 Å². The second kappa shape index (κ2) is 5.17. The summed E-state index contributed by atoms with van der Waals surface area (Å²) in [4.78, 5) is 12.0. The van der Waals surface area contributed by atoms with Crippen LogP contribution in [0.15, 0.2) is 0 Å². The summed E-state index contributed by atoms with van der Waals surface area (Å²) in [5, 5.41) is 3.02. The van der Waals surface area contributed by atoms with Gasteiger partial charge in [-0.1, -0.05) is 27.7 Å². The Bertz CT molecular complexity index is 245. The summed E-state index contributed by atoms with van der Waals surface area (Å²) in [5.74, 6) is 0.797. The third-order valence-corrected chi connectivity index (χ3v) is 3.30. The van der Waals surface area contributed by atoms with Gasteiger partial charge in [0.1, 0.15) is 0 Å². The standard InChI is InChI=1S/C13H26N2O/c1-9-5-6-11(14)10(7-9)12(16)15-8-13(2,3)4/h9-11H,5-8,14H2,1-4H3,(H,15,16). The molecule has 0 saturated heterocycles. The minimum Gasteiger partial charge on any atom is -0.355 e. The number of rotatable bonds is 2. The molecule has 0 heterocycles. The van der Waals surface area contributed by atoms with Crippen LogP contribution in [-0.4, -0.2) is 18.5 Å². The average molecular weight is 226 g/mol. The van der Waals surface area contributed by atoms with Crippen LogP contribution in [-0.2, 0) is 4.79 Å². The van der Waals surface area contributed by atoms with E-state index in [0.717, 1.165) is 25.8 Å². The third-order valence-electron chi connectivity index (χ3n) is 3.30. The number of nitrogens with one attached hydrogen (secondary N) is 1. The van der Waals surface area contributed by atoms with Crippen LogP contribution < -0.4 is 11.1 Å². The molecule has 0 aromatic heterocycles. The molecule has 1 saturated carbocycles. The molecule has 1 amide bonds. The third kappa shape index (κ3) is 4.12. The van der Waals surface area contributed by atoms with Crippen molar-refractivity contribution in [2.45, 2.75) is 53.0 Å². The second-order valence-electron chi connectivity index (χ2n) is 6.47. The summed E-state index contributed by atoms with van der Waals surface area (Å²) in [5.41, 5.74) is 6.16. The average Bonchev–Trinajstić information content (AvgIpc) is 2.17. The first kappa shape index (κ1) is 13.5. The van der Waals surface area contributed by atoms with E-state index in [9.17, 15) is 4.79 Å². The van der Waals surface area contributed by atoms with Crippen molar-refractivity contribution in [1.82, 2.24) is 5.32 Å². The van der Waals surface area contributed by atoms with Crippen molar-refractivity contribution in [2.75, 3.05) is 6.54 Å². The van der Waals surface area contributed by atoms with Crippen molar-refractivity contribution < 1.29 is 4.79 Å². The van der Waals surface area contributed by atoms with Crippen LogP contribution in [0.4, 0.5) is 0 Å². The molecule has 3 atom stereocenters. The van der Waals surface area contributed by atoms with Crippen LogP contribution in [0.1, 0.15) is 47.0 Å². The Hall–Kier alpha value is -0.570. The van der Waals surface area contributed by atoms with E-state index in [-0.39, 0.29) is 23.3 Å². The van der Waals surface area contributed by atoms with Crippen LogP contribution >= 0.6 is 0 Å². The van der Waals surface area contributed by atoms with E-state index in [1.807, 2.05) is 0 Å². The zero-order valence-electron chi connectivity index (χ0n) is 11.0. The van der Waals surface area contributed by atoms with E-state index in [4.69, 9.17) is 5.73 Å². The fourth-order valence-corrected chi connectivity index (χ4v) is 2.19. The van der Waals surface area contributed by atoms with Crippen LogP contribution in [0, 0.1) is 17.3 Å². The van der Waals surface area contributed by atoms with Crippen molar-refractivity contribution in [3.8, 4) is 0 Å². The Morgan fingerprint density at radius 1 is 1.38 bits per heavy atom. The Kier molecular flexibility index (Phi) is 4.36. The first-order valence-corrected chi connectivity index (χ1v) is 6.33. The molecule has 1 rings (SSSR count). The summed E-state index contributed by atoms with van der Waals surface area (Å²) >= 11 is 0. The maximum absolute atomic E-state index is 12.0. The zero-order valence-corrected chi connectivity index (χ0v) is 11.0. The summed E-state index contributed by atoms with van der Waals surface area (Å²) in [6, 6.07) is 0.0520. The zero-order chi connectivity index (χ0) is 12.3. The van der Waals surface area contributed by atoms with Gasteiger partial charge in [-0.25, -0.2) is 0 Å². The lowest BCUT2D eigenvalue weighted by molar-refractivity contribution is -0.127. The Morgan fingerprint density at radius 2 is 2.00 bits per heavy atom. The molecule has 1 fully saturated rings. The number of nitrogens with two attached hydrogens (primary N) is 1. The van der Waals surface area contributed by atoms with Crippen molar-refractivity contribution >= 4 is 5.91 Å². The molecule has 0 aromatic rings. The number of hydrogen-bond donors (Lipinski definition) is 2. The van der Waals surface area contributed by atoms with E-state index in [1.165, 1.54) is 0 Å². The van der Waals surface area contributed by atoms with Gasteiger partial charge in [-0.3, -0.25) is 4.79 Å². The number of hydrogen-bond acceptors (Lipinski definition) is 2. The molecule has 0 bridgehead atoms. The first-order chi connectivity index (χ1) is 7.29. The highest BCUT2D eigenvalue weighted by Gasteiger charge is 2.31. The highest BCUT2D eigenvalue weighted by atomic mass is 16.1. The molecule has 16 heavy (non-hydrogen) atoms. The minimum absolute atomic E-state index is 0.0195. The molecule has 1 aliphatic rings. The summed E-state index contributed by atoms with van der Waals surface area (Å²) in [7, 11) is 0. The molecule has 3 unspecified atom stereocenters. The van der Waals surface area contributed by atoms with Crippen molar-refractivity contribution in [3.05, 3.63) is 0 Å². The molecule has 3 N–H and O–H groups in total. The summed E-state index contributed by atoms with van der Waals surface area (Å²) < 4.78 is 0. The van der Waals surface area contributed by atoms with Crippen LogP contribution in [0.25, 0.3) is 0 Å². The van der Waals surface area contributed by atoms with Gasteiger partial charge in [0, 0.05) is 12.6 Å². The predicted molar refractivity (Wildman–Crippen MR) is 66.9 cm³/mol. The molecule has 94 valence electrons. The van der Waals surface area contributed by atoms with E-state index in [1.54, 1.807) is 0 Å². The molecular formula is C13H26N2O. The van der Waals surface area contributed by atoms with Crippen LogP contribution in [0.2, 0.25) is 0 Å². The maximum Gasteiger partial charge on any atom is 0.224 e. The van der Waals surface area contributed by atoms with Gasteiger partial charge in [-0.15, -0.1) is 0 Å². The van der Waals surface area contributed by atoms with Gasteiger partial charge in [-0.05, 0) is 30.6 Å². The summed E-state index contributed by atoms with van der Waals surface area (Å²) in [6.07, 6.45) is 3.08. The lowest BCUT2D eigenvalue weighted by atomic mass is 9.78. The SMILES string of the molecule is CC1CCC(N)C(C(=O)NCC(C)(C)C)C1. The lowest BCUT2D eigenvalue weighted by Gasteiger charge is -2.32. The largest absolute Gasteiger partial charge is 0.355 e. The molecule has 0 aliphatic heterocycles. The fraction of sp³-hybridized carbons (Fsp3) is 0.923. The highest BCUT2D eigenvalue weighted by Crippen LogP contribution is 2.28. The van der Waals surface area contributed by atoms with E-state index in [0.29, 0.717) is 5.92 Å². The number of carbonyl (C=O) groups is 1. The number of amides is 1. The smallest absolute Gasteiger partial charge is 0.224 e. The predicted octanol–water partition coefficient (Wildman–Crippen LogP) is 1.91. The lowest BCUT2D eigenvalue weighted by Crippen LogP contribution is -2.46. The van der Waals surface area contributed by atoms with Gasteiger partial charge in [-0.2, -0.15) is 0 Å². The van der Waals surface area contributed by atoms with E-state index >= 15 is 0 Å². The normalized spacial score (nSPS) is 31.2. The maximum atomic E-state index is 12.0. The van der Waals surface area contributed by atoms with E-state index in [2.05, 4.69) is 33.0 Å². The molecule has 0 spiro atoms. The molecule has 1 aliphatic carbocycles. The van der Waals surface area contributed by atoms with Gasteiger partial charge in [0.25, 0.3) is 0 Å². The van der Waals surface area contributed by atoms with Gasteiger partial charge >= 0.3 is 0 Å². The Balaban J connectivity index is 2.46. The van der Waals surface area contributed by atoms with Gasteiger partial charge in [0.05, 0.1) is 5.92 Å². The molecule has 3 heteroatoms. The van der Waals surface area contributed by atoms with Crippen LogP contribution in [0.5, 0.6) is 0 Å². The molecule has 0 aromatic carbocycles. The monoisotopic (exact) mass is 226 g/mol. The molecular weight excluding hydrogens is 200 g/mol. The quantitative estimate of drug-likeness (QED) is 0.755. The fourth-order valence-electron chi connectivity index (χ4n) is 2.19. The topological polar surface area (TPSA) is 55.1 Å². The Morgan fingerprint density at radius 3 is 2.56 bits per heavy atom. The van der Waals surface area contributed by atoms with Gasteiger partial charge in [0.15, 0.2) is 0 Å². The van der Waals surface area contributed by atoms with Crippen molar-refractivity contribution in [1.29, 1.82) is 0 Å². The molecule has 3 nitrogen and oxygen atoms in total.